The molecule has 6 heteroatoms. The summed E-state index contributed by atoms with van der Waals surface area (Å²) in [6, 6.07) is 2.66. The molecule has 0 unspecified atom stereocenters. The molecule has 0 spiro atoms. The Hall–Kier alpha value is -1.59. The number of benzene rings is 1. The minimum atomic E-state index is -4.44. The second kappa shape index (κ2) is 4.71. The molecule has 114 valence electrons. The molecule has 1 fully saturated rings. The molecule has 2 nitrogen and oxygen atoms in total. The first-order valence-electron chi connectivity index (χ1n) is 6.99. The van der Waals surface area contributed by atoms with E-state index in [1.165, 1.54) is 17.0 Å². The first kappa shape index (κ1) is 14.4. The van der Waals surface area contributed by atoms with E-state index in [4.69, 9.17) is 0 Å². The predicted octanol–water partition coefficient (Wildman–Crippen LogP) is 4.85. The zero-order valence-electron chi connectivity index (χ0n) is 11.8. The van der Waals surface area contributed by atoms with Crippen LogP contribution in [0.15, 0.2) is 18.5 Å². The minimum absolute atomic E-state index is 0.0143. The molecule has 0 aliphatic heterocycles. The van der Waals surface area contributed by atoms with Gasteiger partial charge in [0.25, 0.3) is 0 Å². The number of alkyl halides is 4. The van der Waals surface area contributed by atoms with Crippen LogP contribution >= 0.6 is 0 Å². The normalized spacial score (nSPS) is 22.8. The number of nitrogens with zero attached hydrogens (tertiary/aromatic N) is 2. The first-order chi connectivity index (χ1) is 9.77. The lowest BCUT2D eigenvalue weighted by Crippen LogP contribution is -2.28. The molecule has 1 aromatic carbocycles. The van der Waals surface area contributed by atoms with E-state index in [0.717, 1.165) is 0 Å². The molecule has 1 aromatic heterocycles. The number of hydrogen-bond donors (Lipinski definition) is 0. The van der Waals surface area contributed by atoms with Crippen LogP contribution in [0.25, 0.3) is 11.0 Å². The highest BCUT2D eigenvalue weighted by Crippen LogP contribution is 2.41. The van der Waals surface area contributed by atoms with Gasteiger partial charge in [-0.05, 0) is 36.5 Å². The maximum Gasteiger partial charge on any atom is 0.418 e. The van der Waals surface area contributed by atoms with Gasteiger partial charge in [0.1, 0.15) is 6.17 Å². The van der Waals surface area contributed by atoms with Crippen LogP contribution in [0.3, 0.4) is 0 Å². The van der Waals surface area contributed by atoms with Gasteiger partial charge in [-0.3, -0.25) is 0 Å². The minimum Gasteiger partial charge on any atom is -0.327 e. The zero-order valence-corrected chi connectivity index (χ0v) is 11.8. The number of halogens is 4. The number of rotatable bonds is 2. The van der Waals surface area contributed by atoms with E-state index in [9.17, 15) is 17.6 Å². The topological polar surface area (TPSA) is 17.8 Å². The summed E-state index contributed by atoms with van der Waals surface area (Å²) >= 11 is 0. The van der Waals surface area contributed by atoms with E-state index >= 15 is 0 Å². The van der Waals surface area contributed by atoms with Crippen LogP contribution in [0.5, 0.6) is 0 Å². The quantitative estimate of drug-likeness (QED) is 0.725. The zero-order chi connectivity index (χ0) is 15.4. The van der Waals surface area contributed by atoms with Crippen LogP contribution in [0, 0.1) is 0 Å². The van der Waals surface area contributed by atoms with Crippen LogP contribution in [0.1, 0.15) is 49.8 Å². The number of fused-ring (bicyclic) bond motifs is 1. The van der Waals surface area contributed by atoms with Crippen molar-refractivity contribution in [2.24, 2.45) is 0 Å². The van der Waals surface area contributed by atoms with Gasteiger partial charge in [0.2, 0.25) is 0 Å². The van der Waals surface area contributed by atoms with Crippen LogP contribution in [0.4, 0.5) is 17.6 Å². The lowest BCUT2D eigenvalue weighted by atomic mass is 9.90. The third-order valence-corrected chi connectivity index (χ3v) is 4.11. The summed E-state index contributed by atoms with van der Waals surface area (Å²) in [5.41, 5.74) is 0.334. The van der Waals surface area contributed by atoms with E-state index in [1.807, 2.05) is 13.8 Å². The lowest BCUT2D eigenvalue weighted by molar-refractivity contribution is -0.136. The Morgan fingerprint density at radius 1 is 1.24 bits per heavy atom. The maximum atomic E-state index is 13.4. The van der Waals surface area contributed by atoms with Gasteiger partial charge in [0.15, 0.2) is 0 Å². The second-order valence-electron chi connectivity index (χ2n) is 5.96. The van der Waals surface area contributed by atoms with Gasteiger partial charge >= 0.3 is 6.18 Å². The summed E-state index contributed by atoms with van der Waals surface area (Å²) in [5.74, 6) is -0.0143. The Labute approximate surface area is 119 Å². The Morgan fingerprint density at radius 2 is 1.90 bits per heavy atom. The van der Waals surface area contributed by atoms with Crippen molar-refractivity contribution in [1.29, 1.82) is 0 Å². The van der Waals surface area contributed by atoms with Crippen LogP contribution in [-0.2, 0) is 6.18 Å². The van der Waals surface area contributed by atoms with Crippen molar-refractivity contribution >= 4 is 11.0 Å². The summed E-state index contributed by atoms with van der Waals surface area (Å²) in [5, 5.41) is 0. The largest absolute Gasteiger partial charge is 0.418 e. The van der Waals surface area contributed by atoms with Crippen LogP contribution < -0.4 is 0 Å². The molecule has 3 rings (SSSR count). The summed E-state index contributed by atoms with van der Waals surface area (Å²) in [4.78, 5) is 4.10. The van der Waals surface area contributed by atoms with Gasteiger partial charge in [0.05, 0.1) is 22.9 Å². The van der Waals surface area contributed by atoms with Gasteiger partial charge in [-0.15, -0.1) is 0 Å². The van der Waals surface area contributed by atoms with Crippen molar-refractivity contribution in [3.8, 4) is 0 Å². The van der Waals surface area contributed by atoms with Crippen LogP contribution in [-0.4, -0.2) is 15.7 Å². The van der Waals surface area contributed by atoms with E-state index in [0.29, 0.717) is 11.1 Å². The molecule has 2 aromatic rings. The third kappa shape index (κ3) is 2.40. The molecule has 0 radical (unpaired) electrons. The van der Waals surface area contributed by atoms with Gasteiger partial charge < -0.3 is 4.57 Å². The maximum absolute atomic E-state index is 13.4. The Balaban J connectivity index is 2.20. The summed E-state index contributed by atoms with van der Waals surface area (Å²) in [7, 11) is 0. The number of aromatic nitrogens is 2. The molecule has 1 aliphatic carbocycles. The Bertz CT molecular complexity index is 666. The van der Waals surface area contributed by atoms with Crippen LogP contribution in [0.2, 0.25) is 0 Å². The highest BCUT2D eigenvalue weighted by Gasteiger charge is 2.38. The van der Waals surface area contributed by atoms with Gasteiger partial charge in [-0.1, -0.05) is 13.8 Å². The molecule has 0 bridgehead atoms. The molecule has 1 heterocycles. The molecule has 0 amide bonds. The fraction of sp³-hybridized carbons (Fsp3) is 0.533. The number of imidazole rings is 1. The lowest BCUT2D eigenvalue weighted by Gasteiger charge is -2.31. The highest BCUT2D eigenvalue weighted by molar-refractivity contribution is 5.81. The van der Waals surface area contributed by atoms with Crippen molar-refractivity contribution in [3.05, 3.63) is 29.6 Å². The summed E-state index contributed by atoms with van der Waals surface area (Å²) < 4.78 is 54.6. The molecule has 21 heavy (non-hydrogen) atoms. The van der Waals surface area contributed by atoms with Gasteiger partial charge in [0, 0.05) is 6.04 Å². The monoisotopic (exact) mass is 300 g/mol. The fourth-order valence-corrected chi connectivity index (χ4v) is 2.77. The van der Waals surface area contributed by atoms with Crippen molar-refractivity contribution in [2.75, 3.05) is 0 Å². The predicted molar refractivity (Wildman–Crippen MR) is 72.0 cm³/mol. The molecular weight excluding hydrogens is 284 g/mol. The van der Waals surface area contributed by atoms with Gasteiger partial charge in [-0.25, -0.2) is 9.37 Å². The van der Waals surface area contributed by atoms with E-state index in [-0.39, 0.29) is 30.3 Å². The van der Waals surface area contributed by atoms with E-state index in [2.05, 4.69) is 4.98 Å². The van der Waals surface area contributed by atoms with Crippen molar-refractivity contribution in [3.63, 3.8) is 0 Å². The molecular formula is C15H16F4N2. The Morgan fingerprint density at radius 3 is 2.43 bits per heavy atom. The smallest absolute Gasteiger partial charge is 0.327 e. The highest BCUT2D eigenvalue weighted by atomic mass is 19.4. The van der Waals surface area contributed by atoms with E-state index in [1.54, 1.807) is 6.07 Å². The Kier molecular flexibility index (Phi) is 3.22. The van der Waals surface area contributed by atoms with Crippen molar-refractivity contribution < 1.29 is 17.6 Å². The SMILES string of the molecule is CC(C)c1cc(C(F)(F)F)c2c(c1)ncn2C1CC(F)C1. The molecule has 0 atom stereocenters. The third-order valence-electron chi connectivity index (χ3n) is 4.11. The summed E-state index contributed by atoms with van der Waals surface area (Å²) in [6.07, 6.45) is -3.44. The van der Waals surface area contributed by atoms with E-state index < -0.39 is 17.9 Å². The molecule has 0 N–H and O–H groups in total. The average molecular weight is 300 g/mol. The van der Waals surface area contributed by atoms with Crippen molar-refractivity contribution in [1.82, 2.24) is 9.55 Å². The molecule has 1 saturated carbocycles. The average Bonchev–Trinajstić information content (AvgIpc) is 2.75. The standard InChI is InChI=1S/C15H16F4N2/c1-8(2)9-3-12(15(17,18)19)14-13(4-9)20-7-21(14)11-5-10(16)6-11/h3-4,7-8,10-11H,5-6H2,1-2H3. The number of hydrogen-bond acceptors (Lipinski definition) is 1. The fourth-order valence-electron chi connectivity index (χ4n) is 2.77. The van der Waals surface area contributed by atoms with Crippen molar-refractivity contribution in [2.45, 2.75) is 51.0 Å². The van der Waals surface area contributed by atoms with Gasteiger partial charge in [-0.2, -0.15) is 13.2 Å². The molecule has 1 aliphatic rings. The summed E-state index contributed by atoms with van der Waals surface area (Å²) in [6.45, 7) is 3.69. The molecule has 0 saturated heterocycles. The second-order valence-corrected chi connectivity index (χ2v) is 5.96. The first-order valence-corrected chi connectivity index (χ1v) is 6.99.